The number of carbonyl (C=O) groups is 1. The number of ketones is 1. The van der Waals surface area contributed by atoms with Crippen LogP contribution in [0.15, 0.2) is 28.7 Å². The lowest BCUT2D eigenvalue weighted by molar-refractivity contribution is 0.0965. The Morgan fingerprint density at radius 1 is 1.44 bits per heavy atom. The summed E-state index contributed by atoms with van der Waals surface area (Å²) in [6.45, 7) is 1.99. The van der Waals surface area contributed by atoms with Crippen molar-refractivity contribution in [1.29, 1.82) is 0 Å². The largest absolute Gasteiger partial charge is 0.453 e. The van der Waals surface area contributed by atoms with Crippen LogP contribution in [0.2, 0.25) is 0 Å². The van der Waals surface area contributed by atoms with Crippen LogP contribution in [-0.4, -0.2) is 17.8 Å². The molecule has 16 heavy (non-hydrogen) atoms. The zero-order chi connectivity index (χ0) is 11.5. The third-order valence-corrected chi connectivity index (χ3v) is 3.16. The quantitative estimate of drug-likeness (QED) is 0.756. The molecule has 0 saturated carbocycles. The summed E-state index contributed by atoms with van der Waals surface area (Å²) in [5.74, 6) is 1.41. The molecular formula is C13H14O2S. The molecule has 0 atom stereocenters. The number of carbonyl (C=O) groups excluding carboxylic acids is 1. The van der Waals surface area contributed by atoms with Crippen molar-refractivity contribution in [2.45, 2.75) is 13.3 Å². The molecule has 0 aliphatic rings. The molecule has 3 heteroatoms. The summed E-state index contributed by atoms with van der Waals surface area (Å²) in [7, 11) is 0. The summed E-state index contributed by atoms with van der Waals surface area (Å²) in [6, 6.07) is 7.77. The second kappa shape index (κ2) is 4.74. The highest BCUT2D eigenvalue weighted by molar-refractivity contribution is 7.98. The average molecular weight is 234 g/mol. The van der Waals surface area contributed by atoms with Crippen molar-refractivity contribution < 1.29 is 9.21 Å². The first-order chi connectivity index (χ1) is 7.72. The predicted molar refractivity (Wildman–Crippen MR) is 68.3 cm³/mol. The lowest BCUT2D eigenvalue weighted by Gasteiger charge is -1.94. The van der Waals surface area contributed by atoms with Gasteiger partial charge in [-0.05, 0) is 24.8 Å². The molecule has 1 heterocycles. The summed E-state index contributed by atoms with van der Waals surface area (Å²) in [4.78, 5) is 11.8. The molecule has 2 nitrogen and oxygen atoms in total. The molecule has 84 valence electrons. The fourth-order valence-corrected chi connectivity index (χ4v) is 2.05. The van der Waals surface area contributed by atoms with Crippen LogP contribution in [0, 0.1) is 6.92 Å². The van der Waals surface area contributed by atoms with Crippen molar-refractivity contribution in [3.05, 3.63) is 35.6 Å². The maximum Gasteiger partial charge on any atom is 0.198 e. The standard InChI is InChI=1S/C13H14O2S/c1-9-4-3-5-10-8-12(15-13(9)10)11(14)6-7-16-2/h3-5,8H,6-7H2,1-2H3. The molecule has 0 fully saturated rings. The summed E-state index contributed by atoms with van der Waals surface area (Å²) in [5.41, 5.74) is 1.90. The van der Waals surface area contributed by atoms with E-state index in [-0.39, 0.29) is 5.78 Å². The Morgan fingerprint density at radius 3 is 2.94 bits per heavy atom. The van der Waals surface area contributed by atoms with E-state index in [0.717, 1.165) is 22.3 Å². The topological polar surface area (TPSA) is 30.2 Å². The second-order valence-electron chi connectivity index (χ2n) is 3.77. The first-order valence-electron chi connectivity index (χ1n) is 5.23. The summed E-state index contributed by atoms with van der Waals surface area (Å²) >= 11 is 1.67. The van der Waals surface area contributed by atoms with Crippen LogP contribution >= 0.6 is 11.8 Å². The predicted octanol–water partition coefficient (Wildman–Crippen LogP) is 3.68. The highest BCUT2D eigenvalue weighted by atomic mass is 32.2. The van der Waals surface area contributed by atoms with E-state index in [1.165, 1.54) is 0 Å². The Bertz CT molecular complexity index is 514. The molecule has 0 bridgehead atoms. The Morgan fingerprint density at radius 2 is 2.25 bits per heavy atom. The minimum atomic E-state index is 0.0879. The van der Waals surface area contributed by atoms with Gasteiger partial charge in [0, 0.05) is 17.6 Å². The van der Waals surface area contributed by atoms with Crippen LogP contribution in [0.3, 0.4) is 0 Å². The van der Waals surface area contributed by atoms with E-state index in [0.29, 0.717) is 12.2 Å². The third kappa shape index (κ3) is 2.14. The molecule has 0 amide bonds. The van der Waals surface area contributed by atoms with Crippen molar-refractivity contribution in [2.24, 2.45) is 0 Å². The summed E-state index contributed by atoms with van der Waals surface area (Å²) in [5, 5.41) is 1.01. The molecule has 0 unspecified atom stereocenters. The molecule has 0 N–H and O–H groups in total. The van der Waals surface area contributed by atoms with Crippen molar-refractivity contribution in [1.82, 2.24) is 0 Å². The fraction of sp³-hybridized carbons (Fsp3) is 0.308. The first-order valence-corrected chi connectivity index (χ1v) is 6.63. The summed E-state index contributed by atoms with van der Waals surface area (Å²) < 4.78 is 5.60. The minimum Gasteiger partial charge on any atom is -0.453 e. The van der Waals surface area contributed by atoms with Gasteiger partial charge in [0.2, 0.25) is 0 Å². The van der Waals surface area contributed by atoms with E-state index >= 15 is 0 Å². The lowest BCUT2D eigenvalue weighted by Crippen LogP contribution is -1.97. The summed E-state index contributed by atoms with van der Waals surface area (Å²) in [6.07, 6.45) is 2.54. The van der Waals surface area contributed by atoms with Gasteiger partial charge in [-0.15, -0.1) is 0 Å². The number of furan rings is 1. The van der Waals surface area contributed by atoms with Gasteiger partial charge in [-0.1, -0.05) is 18.2 Å². The van der Waals surface area contributed by atoms with Crippen LogP contribution in [0.4, 0.5) is 0 Å². The Hall–Kier alpha value is -1.22. The number of rotatable bonds is 4. The molecule has 0 spiro atoms. The van der Waals surface area contributed by atoms with Crippen LogP contribution in [-0.2, 0) is 0 Å². The van der Waals surface area contributed by atoms with Crippen molar-refractivity contribution in [3.8, 4) is 0 Å². The molecule has 2 aromatic rings. The number of para-hydroxylation sites is 1. The number of thioether (sulfide) groups is 1. The maximum absolute atomic E-state index is 11.8. The van der Waals surface area contributed by atoms with Gasteiger partial charge in [0.1, 0.15) is 5.58 Å². The van der Waals surface area contributed by atoms with Gasteiger partial charge in [-0.2, -0.15) is 11.8 Å². The molecule has 0 aliphatic heterocycles. The number of benzene rings is 1. The van der Waals surface area contributed by atoms with E-state index in [1.54, 1.807) is 11.8 Å². The smallest absolute Gasteiger partial charge is 0.198 e. The van der Waals surface area contributed by atoms with Crippen LogP contribution in [0.5, 0.6) is 0 Å². The van der Waals surface area contributed by atoms with Gasteiger partial charge >= 0.3 is 0 Å². The van der Waals surface area contributed by atoms with Gasteiger partial charge in [0.25, 0.3) is 0 Å². The maximum atomic E-state index is 11.8. The molecular weight excluding hydrogens is 220 g/mol. The van der Waals surface area contributed by atoms with Gasteiger partial charge < -0.3 is 4.42 Å². The molecule has 1 aromatic heterocycles. The average Bonchev–Trinajstić information content (AvgIpc) is 2.71. The monoisotopic (exact) mass is 234 g/mol. The van der Waals surface area contributed by atoms with Crippen LogP contribution in [0.1, 0.15) is 22.5 Å². The normalized spacial score (nSPS) is 10.9. The van der Waals surface area contributed by atoms with E-state index < -0.39 is 0 Å². The van der Waals surface area contributed by atoms with E-state index in [1.807, 2.05) is 37.4 Å². The van der Waals surface area contributed by atoms with Crippen molar-refractivity contribution in [2.75, 3.05) is 12.0 Å². The van der Waals surface area contributed by atoms with Crippen molar-refractivity contribution in [3.63, 3.8) is 0 Å². The zero-order valence-electron chi connectivity index (χ0n) is 9.45. The van der Waals surface area contributed by atoms with Gasteiger partial charge in [-0.25, -0.2) is 0 Å². The first kappa shape index (κ1) is 11.3. The minimum absolute atomic E-state index is 0.0879. The van der Waals surface area contributed by atoms with E-state index in [9.17, 15) is 4.79 Å². The number of aryl methyl sites for hydroxylation is 1. The van der Waals surface area contributed by atoms with E-state index in [4.69, 9.17) is 4.42 Å². The fourth-order valence-electron chi connectivity index (χ4n) is 1.66. The molecule has 0 radical (unpaired) electrons. The number of hydrogen-bond acceptors (Lipinski definition) is 3. The van der Waals surface area contributed by atoms with Crippen LogP contribution in [0.25, 0.3) is 11.0 Å². The molecule has 0 saturated heterocycles. The Balaban J connectivity index is 2.32. The molecule has 1 aromatic carbocycles. The molecule has 0 aliphatic carbocycles. The second-order valence-corrected chi connectivity index (χ2v) is 4.76. The Kier molecular flexibility index (Phi) is 3.34. The number of hydrogen-bond donors (Lipinski definition) is 0. The van der Waals surface area contributed by atoms with Gasteiger partial charge in [-0.3, -0.25) is 4.79 Å². The Labute approximate surface area is 99.0 Å². The van der Waals surface area contributed by atoms with Gasteiger partial charge in [0.05, 0.1) is 0 Å². The van der Waals surface area contributed by atoms with Gasteiger partial charge in [0.15, 0.2) is 11.5 Å². The number of Topliss-reactive ketones (excluding diaryl/α,β-unsaturated/α-hetero) is 1. The number of fused-ring (bicyclic) bond motifs is 1. The third-order valence-electron chi connectivity index (χ3n) is 2.55. The zero-order valence-corrected chi connectivity index (χ0v) is 10.3. The van der Waals surface area contributed by atoms with Crippen molar-refractivity contribution >= 4 is 28.5 Å². The van der Waals surface area contributed by atoms with E-state index in [2.05, 4.69) is 0 Å². The SMILES string of the molecule is CSCCC(=O)c1cc2cccc(C)c2o1. The highest BCUT2D eigenvalue weighted by Gasteiger charge is 2.12. The molecule has 2 rings (SSSR count). The van der Waals surface area contributed by atoms with Crippen LogP contribution < -0.4 is 0 Å². The lowest BCUT2D eigenvalue weighted by atomic mass is 10.1. The highest BCUT2D eigenvalue weighted by Crippen LogP contribution is 2.23.